The maximum Gasteiger partial charge on any atom is 0.416 e. The third-order valence-corrected chi connectivity index (χ3v) is 5.82. The Morgan fingerprint density at radius 1 is 1.08 bits per heavy atom. The lowest BCUT2D eigenvalue weighted by Crippen LogP contribution is -2.48. The van der Waals surface area contributed by atoms with Gasteiger partial charge in [0.2, 0.25) is 10.0 Å². The van der Waals surface area contributed by atoms with Crippen LogP contribution in [0.15, 0.2) is 40.8 Å². The number of allylic oxidation sites excluding steroid dienone is 1. The summed E-state index contributed by atoms with van der Waals surface area (Å²) in [4.78, 5) is 2.04. The van der Waals surface area contributed by atoms with Gasteiger partial charge in [-0.15, -0.1) is 0 Å². The Bertz CT molecular complexity index is 685. The molecule has 134 valence electrons. The number of sulfonamides is 1. The summed E-state index contributed by atoms with van der Waals surface area (Å²) >= 11 is 0. The average Bonchev–Trinajstić information content (AvgIpc) is 2.52. The van der Waals surface area contributed by atoms with Gasteiger partial charge in [0.15, 0.2) is 0 Å². The highest BCUT2D eigenvalue weighted by Gasteiger charge is 2.32. The predicted molar refractivity (Wildman–Crippen MR) is 86.1 cm³/mol. The molecule has 1 heterocycles. The summed E-state index contributed by atoms with van der Waals surface area (Å²) in [5, 5.41) is 0. The van der Waals surface area contributed by atoms with Gasteiger partial charge in [-0.25, -0.2) is 8.42 Å². The summed E-state index contributed by atoms with van der Waals surface area (Å²) in [5.41, 5.74) is 0.350. The topological polar surface area (TPSA) is 40.6 Å². The van der Waals surface area contributed by atoms with Gasteiger partial charge in [0.25, 0.3) is 0 Å². The molecule has 2 rings (SSSR count). The molecule has 1 aliphatic heterocycles. The van der Waals surface area contributed by atoms with E-state index in [1.54, 1.807) is 0 Å². The Hall–Kier alpha value is -1.38. The molecule has 1 saturated heterocycles. The second-order valence-electron chi connectivity index (χ2n) is 6.01. The number of hydrogen-bond acceptors (Lipinski definition) is 3. The van der Waals surface area contributed by atoms with Crippen LogP contribution in [0.3, 0.4) is 0 Å². The van der Waals surface area contributed by atoms with Gasteiger partial charge in [-0.3, -0.25) is 4.90 Å². The quantitative estimate of drug-likeness (QED) is 0.773. The third-order valence-electron chi connectivity index (χ3n) is 3.91. The Morgan fingerprint density at radius 3 is 2.08 bits per heavy atom. The Labute approximate surface area is 140 Å². The summed E-state index contributed by atoms with van der Waals surface area (Å²) in [5.74, 6) is 0. The van der Waals surface area contributed by atoms with Crippen molar-refractivity contribution in [2.75, 3.05) is 32.7 Å². The molecule has 0 aliphatic carbocycles. The van der Waals surface area contributed by atoms with Crippen LogP contribution < -0.4 is 0 Å². The molecule has 24 heavy (non-hydrogen) atoms. The van der Waals surface area contributed by atoms with E-state index in [9.17, 15) is 21.6 Å². The van der Waals surface area contributed by atoms with Crippen molar-refractivity contribution in [1.29, 1.82) is 0 Å². The fourth-order valence-electron chi connectivity index (χ4n) is 2.43. The van der Waals surface area contributed by atoms with Crippen molar-refractivity contribution in [1.82, 2.24) is 9.21 Å². The van der Waals surface area contributed by atoms with E-state index in [4.69, 9.17) is 0 Å². The van der Waals surface area contributed by atoms with Crippen molar-refractivity contribution < 1.29 is 21.6 Å². The molecule has 0 saturated carbocycles. The van der Waals surface area contributed by atoms with Crippen LogP contribution in [0.2, 0.25) is 0 Å². The van der Waals surface area contributed by atoms with Gasteiger partial charge in [-0.05, 0) is 38.1 Å². The highest BCUT2D eigenvalue weighted by Crippen LogP contribution is 2.30. The Kier molecular flexibility index (Phi) is 5.72. The molecule has 1 aliphatic rings. The fourth-order valence-corrected chi connectivity index (χ4v) is 3.85. The van der Waals surface area contributed by atoms with Gasteiger partial charge in [0, 0.05) is 32.7 Å². The molecule has 0 aromatic heterocycles. The maximum atomic E-state index is 12.6. The fraction of sp³-hybridized carbons (Fsp3) is 0.500. The minimum Gasteiger partial charge on any atom is -0.297 e. The third kappa shape index (κ3) is 4.58. The first-order valence-electron chi connectivity index (χ1n) is 7.64. The van der Waals surface area contributed by atoms with E-state index in [0.717, 1.165) is 30.8 Å². The van der Waals surface area contributed by atoms with E-state index >= 15 is 0 Å². The summed E-state index contributed by atoms with van der Waals surface area (Å²) < 4.78 is 64.1. The number of benzene rings is 1. The molecular weight excluding hydrogens is 341 g/mol. The molecule has 0 amide bonds. The normalized spacial score (nSPS) is 17.7. The van der Waals surface area contributed by atoms with Crippen LogP contribution in [0.1, 0.15) is 19.4 Å². The summed E-state index contributed by atoms with van der Waals surface area (Å²) in [6.45, 7) is 6.65. The zero-order chi connectivity index (χ0) is 18.0. The van der Waals surface area contributed by atoms with Crippen LogP contribution in [0.25, 0.3) is 0 Å². The molecule has 4 nitrogen and oxygen atoms in total. The zero-order valence-corrected chi connectivity index (χ0v) is 14.5. The van der Waals surface area contributed by atoms with Crippen molar-refractivity contribution in [3.05, 3.63) is 41.5 Å². The summed E-state index contributed by atoms with van der Waals surface area (Å²) in [6, 6.07) is 3.65. The van der Waals surface area contributed by atoms with Crippen LogP contribution in [0.4, 0.5) is 13.2 Å². The monoisotopic (exact) mass is 362 g/mol. The zero-order valence-electron chi connectivity index (χ0n) is 13.7. The highest BCUT2D eigenvalue weighted by molar-refractivity contribution is 7.89. The van der Waals surface area contributed by atoms with E-state index in [-0.39, 0.29) is 4.90 Å². The second-order valence-corrected chi connectivity index (χ2v) is 7.95. The van der Waals surface area contributed by atoms with Crippen LogP contribution in [0, 0.1) is 0 Å². The van der Waals surface area contributed by atoms with Crippen molar-refractivity contribution >= 4 is 10.0 Å². The van der Waals surface area contributed by atoms with E-state index in [1.165, 1.54) is 9.88 Å². The molecule has 1 fully saturated rings. The molecule has 0 atom stereocenters. The summed E-state index contributed by atoms with van der Waals surface area (Å²) in [7, 11) is -3.76. The minimum absolute atomic E-state index is 0.103. The number of nitrogens with zero attached hydrogens (tertiary/aromatic N) is 2. The van der Waals surface area contributed by atoms with Gasteiger partial charge in [0.1, 0.15) is 0 Å². The molecule has 0 spiro atoms. The lowest BCUT2D eigenvalue weighted by Gasteiger charge is -2.33. The molecule has 1 aromatic carbocycles. The smallest absolute Gasteiger partial charge is 0.297 e. The number of halogens is 3. The Balaban J connectivity index is 2.05. The number of alkyl halides is 3. The molecule has 0 unspecified atom stereocenters. The maximum absolute atomic E-state index is 12.6. The SMILES string of the molecule is CC(C)=CCN1CCN(S(=O)(=O)c2ccc(C(F)(F)F)cc2)CC1. The van der Waals surface area contributed by atoms with E-state index in [0.29, 0.717) is 26.2 Å². The molecule has 0 radical (unpaired) electrons. The van der Waals surface area contributed by atoms with Gasteiger partial charge in [0.05, 0.1) is 10.5 Å². The van der Waals surface area contributed by atoms with Crippen molar-refractivity contribution in [3.8, 4) is 0 Å². The first kappa shape index (κ1) is 19.0. The van der Waals surface area contributed by atoms with Gasteiger partial charge in [-0.1, -0.05) is 11.6 Å². The molecular formula is C16H21F3N2O2S. The Morgan fingerprint density at radius 2 is 1.62 bits per heavy atom. The predicted octanol–water partition coefficient (Wildman–Crippen LogP) is 2.98. The van der Waals surface area contributed by atoms with Crippen molar-refractivity contribution in [2.45, 2.75) is 24.9 Å². The minimum atomic E-state index is -4.47. The second kappa shape index (κ2) is 7.25. The van der Waals surface area contributed by atoms with Crippen LogP contribution in [-0.4, -0.2) is 50.3 Å². The largest absolute Gasteiger partial charge is 0.416 e. The van der Waals surface area contributed by atoms with Gasteiger partial charge >= 0.3 is 6.18 Å². The number of hydrogen-bond donors (Lipinski definition) is 0. The standard InChI is InChI=1S/C16H21F3N2O2S/c1-13(2)7-8-20-9-11-21(12-10-20)24(22,23)15-5-3-14(4-6-15)16(17,18)19/h3-7H,8-12H2,1-2H3. The molecule has 0 N–H and O–H groups in total. The first-order valence-corrected chi connectivity index (χ1v) is 9.08. The van der Waals surface area contributed by atoms with Crippen molar-refractivity contribution in [3.63, 3.8) is 0 Å². The highest BCUT2D eigenvalue weighted by atomic mass is 32.2. The molecule has 0 bridgehead atoms. The van der Waals surface area contributed by atoms with Gasteiger partial charge < -0.3 is 0 Å². The lowest BCUT2D eigenvalue weighted by molar-refractivity contribution is -0.137. The summed E-state index contributed by atoms with van der Waals surface area (Å²) in [6.07, 6.45) is -2.39. The van der Waals surface area contributed by atoms with Crippen LogP contribution in [-0.2, 0) is 16.2 Å². The van der Waals surface area contributed by atoms with E-state index < -0.39 is 21.8 Å². The molecule has 8 heteroatoms. The van der Waals surface area contributed by atoms with Crippen LogP contribution >= 0.6 is 0 Å². The van der Waals surface area contributed by atoms with Crippen LogP contribution in [0.5, 0.6) is 0 Å². The number of rotatable bonds is 4. The molecule has 1 aromatic rings. The average molecular weight is 362 g/mol. The van der Waals surface area contributed by atoms with E-state index in [1.807, 2.05) is 13.8 Å². The van der Waals surface area contributed by atoms with Gasteiger partial charge in [-0.2, -0.15) is 17.5 Å². The van der Waals surface area contributed by atoms with Crippen molar-refractivity contribution in [2.24, 2.45) is 0 Å². The lowest BCUT2D eigenvalue weighted by atomic mass is 10.2. The first-order chi connectivity index (χ1) is 11.1. The number of piperazine rings is 1. The van der Waals surface area contributed by atoms with E-state index in [2.05, 4.69) is 11.0 Å².